The van der Waals surface area contributed by atoms with Gasteiger partial charge in [-0.3, -0.25) is 9.78 Å². The van der Waals surface area contributed by atoms with E-state index in [9.17, 15) is 4.79 Å². The van der Waals surface area contributed by atoms with Gasteiger partial charge in [-0.1, -0.05) is 31.5 Å². The molecule has 6 heteroatoms. The highest BCUT2D eigenvalue weighted by atomic mass is 32.2. The van der Waals surface area contributed by atoms with E-state index in [1.54, 1.807) is 12.4 Å². The van der Waals surface area contributed by atoms with Crippen LogP contribution in [0.4, 0.5) is 0 Å². The van der Waals surface area contributed by atoms with E-state index in [2.05, 4.69) is 60.4 Å². The second-order valence-corrected chi connectivity index (χ2v) is 9.48. The Hall–Kier alpha value is -2.60. The van der Waals surface area contributed by atoms with E-state index in [0.29, 0.717) is 5.75 Å². The molecule has 1 aromatic carbocycles. The van der Waals surface area contributed by atoms with Crippen molar-refractivity contribution in [2.45, 2.75) is 44.6 Å². The molecule has 2 aromatic heterocycles. The van der Waals surface area contributed by atoms with Crippen LogP contribution in [0.1, 0.15) is 43.1 Å². The minimum Gasteiger partial charge on any atom is -0.348 e. The molecule has 3 aromatic rings. The molecule has 1 unspecified atom stereocenters. The van der Waals surface area contributed by atoms with Gasteiger partial charge in [-0.05, 0) is 49.4 Å². The van der Waals surface area contributed by atoms with Crippen molar-refractivity contribution < 1.29 is 4.79 Å². The second kappa shape index (κ2) is 8.03. The van der Waals surface area contributed by atoms with E-state index in [4.69, 9.17) is 0 Å². The zero-order chi connectivity index (χ0) is 20.4. The Morgan fingerprint density at radius 1 is 1.21 bits per heavy atom. The van der Waals surface area contributed by atoms with Crippen LogP contribution < -0.4 is 5.32 Å². The van der Waals surface area contributed by atoms with Gasteiger partial charge in [0.05, 0.1) is 29.4 Å². The molecule has 2 heterocycles. The Morgan fingerprint density at radius 3 is 2.66 bits per heavy atom. The van der Waals surface area contributed by atoms with E-state index < -0.39 is 0 Å². The van der Waals surface area contributed by atoms with Crippen molar-refractivity contribution >= 4 is 17.7 Å². The molecule has 1 N–H and O–H groups in total. The quantitative estimate of drug-likeness (QED) is 0.634. The summed E-state index contributed by atoms with van der Waals surface area (Å²) in [6.45, 7) is 6.60. The number of benzene rings is 1. The second-order valence-electron chi connectivity index (χ2n) is 8.43. The number of hydrogen-bond donors (Lipinski definition) is 1. The van der Waals surface area contributed by atoms with Crippen LogP contribution in [-0.2, 0) is 11.2 Å². The molecule has 150 valence electrons. The van der Waals surface area contributed by atoms with Gasteiger partial charge in [-0.15, -0.1) is 11.8 Å². The highest BCUT2D eigenvalue weighted by Gasteiger charge is 2.36. The Morgan fingerprint density at radius 2 is 1.93 bits per heavy atom. The molecule has 1 aliphatic carbocycles. The first-order chi connectivity index (χ1) is 13.9. The summed E-state index contributed by atoms with van der Waals surface area (Å²) in [4.78, 5) is 17.7. The lowest BCUT2D eigenvalue weighted by molar-refractivity contribution is -0.119. The summed E-state index contributed by atoms with van der Waals surface area (Å²) in [7, 11) is 0. The number of nitrogens with zero attached hydrogens (tertiary/aromatic N) is 3. The predicted octanol–water partition coefficient (Wildman–Crippen LogP) is 4.50. The van der Waals surface area contributed by atoms with Gasteiger partial charge in [0.25, 0.3) is 0 Å². The predicted molar refractivity (Wildman–Crippen MR) is 116 cm³/mol. The monoisotopic (exact) mass is 406 g/mol. The van der Waals surface area contributed by atoms with E-state index in [-0.39, 0.29) is 17.4 Å². The molecule has 0 bridgehead atoms. The molecule has 1 atom stereocenters. The summed E-state index contributed by atoms with van der Waals surface area (Å²) in [6.07, 6.45) is 7.26. The molecule has 0 spiro atoms. The molecule has 5 nitrogen and oxygen atoms in total. The van der Waals surface area contributed by atoms with Crippen LogP contribution in [-0.4, -0.2) is 26.4 Å². The number of aryl methyl sites for hydroxylation is 1. The normalized spacial score (nSPS) is 17.6. The third kappa shape index (κ3) is 4.53. The van der Waals surface area contributed by atoms with Crippen LogP contribution in [0.25, 0.3) is 5.69 Å². The molecule has 0 aliphatic heterocycles. The Kier molecular flexibility index (Phi) is 5.46. The van der Waals surface area contributed by atoms with Gasteiger partial charge in [0.1, 0.15) is 0 Å². The number of carbonyl (C=O) groups excluding carboxylic acids is 1. The average Bonchev–Trinajstić information content (AvgIpc) is 3.10. The van der Waals surface area contributed by atoms with Gasteiger partial charge in [0.2, 0.25) is 5.91 Å². The summed E-state index contributed by atoms with van der Waals surface area (Å²) < 4.78 is 2.03. The molecule has 0 radical (unpaired) electrons. The molecular weight excluding hydrogens is 380 g/mol. The molecule has 4 rings (SSSR count). The molecule has 1 amide bonds. The van der Waals surface area contributed by atoms with Crippen LogP contribution >= 0.6 is 11.8 Å². The first kappa shape index (κ1) is 19.7. The maximum absolute atomic E-state index is 12.6. The number of carbonyl (C=O) groups is 1. The Labute approximate surface area is 175 Å². The van der Waals surface area contributed by atoms with Crippen molar-refractivity contribution in [3.8, 4) is 5.69 Å². The minimum absolute atomic E-state index is 0.0153. The van der Waals surface area contributed by atoms with Gasteiger partial charge in [0, 0.05) is 22.9 Å². The molecule has 0 saturated carbocycles. The van der Waals surface area contributed by atoms with Crippen molar-refractivity contribution in [1.82, 2.24) is 20.1 Å². The summed E-state index contributed by atoms with van der Waals surface area (Å²) in [5, 5.41) is 7.91. The lowest BCUT2D eigenvalue weighted by Crippen LogP contribution is -2.37. The number of hydrogen-bond acceptors (Lipinski definition) is 4. The highest BCUT2D eigenvalue weighted by molar-refractivity contribution is 8.00. The first-order valence-electron chi connectivity index (χ1n) is 9.87. The van der Waals surface area contributed by atoms with Gasteiger partial charge in [-0.2, -0.15) is 5.10 Å². The van der Waals surface area contributed by atoms with E-state index in [1.807, 2.05) is 23.0 Å². The van der Waals surface area contributed by atoms with Gasteiger partial charge >= 0.3 is 0 Å². The Balaban J connectivity index is 1.53. The zero-order valence-electron chi connectivity index (χ0n) is 17.1. The van der Waals surface area contributed by atoms with E-state index >= 15 is 0 Å². The largest absolute Gasteiger partial charge is 0.348 e. The minimum atomic E-state index is -0.0153. The standard InChI is InChI=1S/C23H26N4OS/c1-16-4-6-17(7-5-16)27-21-13-23(2,3)12-20(19(21)14-25-27)26-22(28)15-29-18-8-10-24-11-9-18/h4-11,14,20H,12-13,15H2,1-3H3,(H,26,28). The SMILES string of the molecule is Cc1ccc(-n2ncc3c2CC(C)(C)CC3NC(=O)CSc2ccncc2)cc1. The molecule has 1 aliphatic rings. The van der Waals surface area contributed by atoms with Gasteiger partial charge in [0.15, 0.2) is 0 Å². The van der Waals surface area contributed by atoms with Crippen molar-refractivity contribution in [2.24, 2.45) is 5.41 Å². The van der Waals surface area contributed by atoms with Crippen LogP contribution in [0.2, 0.25) is 0 Å². The summed E-state index contributed by atoms with van der Waals surface area (Å²) in [6, 6.07) is 12.2. The maximum Gasteiger partial charge on any atom is 0.230 e. The lowest BCUT2D eigenvalue weighted by atomic mass is 9.74. The summed E-state index contributed by atoms with van der Waals surface area (Å²) in [5.74, 6) is 0.436. The van der Waals surface area contributed by atoms with E-state index in [1.165, 1.54) is 23.0 Å². The molecule has 0 saturated heterocycles. The van der Waals surface area contributed by atoms with E-state index in [0.717, 1.165) is 29.0 Å². The number of nitrogens with one attached hydrogen (secondary N) is 1. The zero-order valence-corrected chi connectivity index (χ0v) is 17.9. The summed E-state index contributed by atoms with van der Waals surface area (Å²) in [5.41, 5.74) is 4.70. The lowest BCUT2D eigenvalue weighted by Gasteiger charge is -2.36. The van der Waals surface area contributed by atoms with Crippen LogP contribution in [0, 0.1) is 12.3 Å². The molecule has 0 fully saturated rings. The van der Waals surface area contributed by atoms with Gasteiger partial charge < -0.3 is 5.32 Å². The fourth-order valence-electron chi connectivity index (χ4n) is 3.90. The first-order valence-corrected chi connectivity index (χ1v) is 10.9. The van der Waals surface area contributed by atoms with Crippen molar-refractivity contribution in [1.29, 1.82) is 0 Å². The number of pyridine rings is 1. The van der Waals surface area contributed by atoms with Gasteiger partial charge in [-0.25, -0.2) is 4.68 Å². The topological polar surface area (TPSA) is 59.8 Å². The third-order valence-electron chi connectivity index (χ3n) is 5.31. The maximum atomic E-state index is 12.6. The molecule has 29 heavy (non-hydrogen) atoms. The van der Waals surface area contributed by atoms with Crippen molar-refractivity contribution in [3.05, 3.63) is 71.8 Å². The Bertz CT molecular complexity index is 995. The fraction of sp³-hybridized carbons (Fsp3) is 0.348. The number of fused-ring (bicyclic) bond motifs is 1. The number of rotatable bonds is 5. The third-order valence-corrected chi connectivity index (χ3v) is 6.32. The number of aromatic nitrogens is 3. The van der Waals surface area contributed by atoms with Crippen molar-refractivity contribution in [2.75, 3.05) is 5.75 Å². The van der Waals surface area contributed by atoms with Crippen LogP contribution in [0.5, 0.6) is 0 Å². The average molecular weight is 407 g/mol. The summed E-state index contributed by atoms with van der Waals surface area (Å²) >= 11 is 1.53. The number of thioether (sulfide) groups is 1. The van der Waals surface area contributed by atoms with Crippen molar-refractivity contribution in [3.63, 3.8) is 0 Å². The highest BCUT2D eigenvalue weighted by Crippen LogP contribution is 2.41. The fourth-order valence-corrected chi connectivity index (χ4v) is 4.59. The van der Waals surface area contributed by atoms with Crippen LogP contribution in [0.3, 0.4) is 0 Å². The number of amides is 1. The van der Waals surface area contributed by atoms with Crippen LogP contribution in [0.15, 0.2) is 59.9 Å². The molecular formula is C23H26N4OS. The smallest absolute Gasteiger partial charge is 0.230 e.